The Morgan fingerprint density at radius 1 is 1.30 bits per heavy atom. The summed E-state index contributed by atoms with van der Waals surface area (Å²) in [6, 6.07) is 12.4. The molecule has 0 aliphatic rings. The minimum absolute atomic E-state index is 0.254. The van der Waals surface area contributed by atoms with Crippen molar-refractivity contribution in [2.75, 3.05) is 0 Å². The van der Waals surface area contributed by atoms with Crippen LogP contribution in [0, 0.1) is 0 Å². The second-order valence-electron chi connectivity index (χ2n) is 3.99. The zero-order valence-corrected chi connectivity index (χ0v) is 12.7. The van der Waals surface area contributed by atoms with E-state index in [0.717, 1.165) is 10.0 Å². The van der Waals surface area contributed by atoms with Crippen molar-refractivity contribution in [2.24, 2.45) is 5.84 Å². The standard InChI is InChI=1S/C14H12BrClN2O2/c15-12-7-10(16)5-6-13(12)20-8-9-3-1-2-4-11(9)14(19)18-17/h1-7H,8,17H2,(H,18,19). The molecule has 0 radical (unpaired) electrons. The zero-order valence-electron chi connectivity index (χ0n) is 10.4. The first kappa shape index (κ1) is 14.8. The number of amides is 1. The molecule has 0 unspecified atom stereocenters. The molecule has 0 saturated carbocycles. The molecule has 0 aromatic heterocycles. The Kier molecular flexibility index (Phi) is 5.00. The summed E-state index contributed by atoms with van der Waals surface area (Å²) in [5.41, 5.74) is 3.35. The first-order valence-electron chi connectivity index (χ1n) is 5.78. The SMILES string of the molecule is NNC(=O)c1ccccc1COc1ccc(Cl)cc1Br. The highest BCUT2D eigenvalue weighted by Gasteiger charge is 2.10. The largest absolute Gasteiger partial charge is 0.488 e. The molecule has 0 atom stereocenters. The monoisotopic (exact) mass is 354 g/mol. The number of ether oxygens (including phenoxy) is 1. The van der Waals surface area contributed by atoms with Gasteiger partial charge in [0.2, 0.25) is 0 Å². The predicted molar refractivity (Wildman–Crippen MR) is 81.6 cm³/mol. The van der Waals surface area contributed by atoms with Gasteiger partial charge in [-0.15, -0.1) is 0 Å². The van der Waals surface area contributed by atoms with Crippen LogP contribution < -0.4 is 16.0 Å². The van der Waals surface area contributed by atoms with Gasteiger partial charge in [-0.05, 0) is 40.2 Å². The van der Waals surface area contributed by atoms with Gasteiger partial charge in [0.1, 0.15) is 12.4 Å². The van der Waals surface area contributed by atoms with Gasteiger partial charge in [0.25, 0.3) is 5.91 Å². The minimum Gasteiger partial charge on any atom is -0.488 e. The summed E-state index contributed by atoms with van der Waals surface area (Å²) in [5.74, 6) is 5.46. The van der Waals surface area contributed by atoms with E-state index >= 15 is 0 Å². The summed E-state index contributed by atoms with van der Waals surface area (Å²) in [6.45, 7) is 0.254. The van der Waals surface area contributed by atoms with E-state index in [1.165, 1.54) is 0 Å². The summed E-state index contributed by atoms with van der Waals surface area (Å²) >= 11 is 9.24. The lowest BCUT2D eigenvalue weighted by Gasteiger charge is -2.11. The van der Waals surface area contributed by atoms with E-state index in [1.807, 2.05) is 12.1 Å². The molecule has 2 rings (SSSR count). The Morgan fingerprint density at radius 2 is 2.05 bits per heavy atom. The molecule has 0 heterocycles. The maximum atomic E-state index is 11.6. The molecule has 1 amide bonds. The van der Waals surface area contributed by atoms with Crippen LogP contribution in [-0.2, 0) is 6.61 Å². The van der Waals surface area contributed by atoms with Gasteiger partial charge in [-0.2, -0.15) is 0 Å². The number of hydrogen-bond acceptors (Lipinski definition) is 3. The predicted octanol–water partition coefficient (Wildman–Crippen LogP) is 3.29. The van der Waals surface area contributed by atoms with Gasteiger partial charge in [-0.3, -0.25) is 10.2 Å². The van der Waals surface area contributed by atoms with Gasteiger partial charge < -0.3 is 4.74 Å². The number of nitrogens with two attached hydrogens (primary N) is 1. The Hall–Kier alpha value is -1.56. The molecule has 0 saturated heterocycles. The first-order chi connectivity index (χ1) is 9.61. The van der Waals surface area contributed by atoms with Crippen LogP contribution in [-0.4, -0.2) is 5.91 Å². The molecule has 20 heavy (non-hydrogen) atoms. The second-order valence-corrected chi connectivity index (χ2v) is 5.28. The zero-order chi connectivity index (χ0) is 14.5. The smallest absolute Gasteiger partial charge is 0.265 e. The van der Waals surface area contributed by atoms with Crippen molar-refractivity contribution in [1.29, 1.82) is 0 Å². The van der Waals surface area contributed by atoms with Crippen molar-refractivity contribution in [3.63, 3.8) is 0 Å². The number of nitrogen functional groups attached to an aromatic ring is 1. The number of benzene rings is 2. The molecule has 2 aromatic rings. The van der Waals surface area contributed by atoms with Crippen LogP contribution in [0.4, 0.5) is 0 Å². The number of hydrazine groups is 1. The van der Waals surface area contributed by atoms with Crippen molar-refractivity contribution in [3.05, 3.63) is 63.1 Å². The van der Waals surface area contributed by atoms with E-state index < -0.39 is 0 Å². The molecule has 6 heteroatoms. The fourth-order valence-electron chi connectivity index (χ4n) is 1.69. The van der Waals surface area contributed by atoms with E-state index in [1.54, 1.807) is 30.3 Å². The lowest BCUT2D eigenvalue weighted by atomic mass is 10.1. The number of carbonyl (C=O) groups excluding carboxylic acids is 1. The Bertz CT molecular complexity index is 634. The van der Waals surface area contributed by atoms with Crippen LogP contribution >= 0.6 is 27.5 Å². The molecule has 4 nitrogen and oxygen atoms in total. The summed E-state index contributed by atoms with van der Waals surface area (Å²) in [4.78, 5) is 11.6. The number of nitrogens with one attached hydrogen (secondary N) is 1. The van der Waals surface area contributed by atoms with Gasteiger partial charge in [0.15, 0.2) is 0 Å². The highest BCUT2D eigenvalue weighted by molar-refractivity contribution is 9.10. The lowest BCUT2D eigenvalue weighted by molar-refractivity contribution is 0.0951. The summed E-state index contributed by atoms with van der Waals surface area (Å²) in [7, 11) is 0. The number of halogens is 2. The second kappa shape index (κ2) is 6.74. The van der Waals surface area contributed by atoms with Gasteiger partial charge in [-0.25, -0.2) is 5.84 Å². The Labute approximate surface area is 130 Å². The fraction of sp³-hybridized carbons (Fsp3) is 0.0714. The van der Waals surface area contributed by atoms with Crippen LogP contribution in [0.2, 0.25) is 5.02 Å². The van der Waals surface area contributed by atoms with Crippen LogP contribution in [0.15, 0.2) is 46.9 Å². The molecule has 0 spiro atoms. The highest BCUT2D eigenvalue weighted by atomic mass is 79.9. The maximum Gasteiger partial charge on any atom is 0.265 e. The van der Waals surface area contributed by atoms with Crippen LogP contribution in [0.5, 0.6) is 5.75 Å². The van der Waals surface area contributed by atoms with E-state index in [9.17, 15) is 4.79 Å². The molecule has 104 valence electrons. The van der Waals surface area contributed by atoms with E-state index in [-0.39, 0.29) is 12.5 Å². The van der Waals surface area contributed by atoms with Crippen molar-refractivity contribution in [3.8, 4) is 5.75 Å². The third kappa shape index (κ3) is 3.50. The first-order valence-corrected chi connectivity index (χ1v) is 6.95. The van der Waals surface area contributed by atoms with Crippen LogP contribution in [0.25, 0.3) is 0 Å². The fourth-order valence-corrected chi connectivity index (χ4v) is 2.49. The number of carbonyl (C=O) groups is 1. The average Bonchev–Trinajstić information content (AvgIpc) is 2.46. The Balaban J connectivity index is 2.17. The van der Waals surface area contributed by atoms with E-state index in [4.69, 9.17) is 22.2 Å². The third-order valence-corrected chi connectivity index (χ3v) is 3.52. The van der Waals surface area contributed by atoms with Crippen LogP contribution in [0.1, 0.15) is 15.9 Å². The normalized spacial score (nSPS) is 10.2. The summed E-state index contributed by atoms with van der Waals surface area (Å²) in [5, 5.41) is 0.618. The average molecular weight is 356 g/mol. The Morgan fingerprint density at radius 3 is 2.75 bits per heavy atom. The van der Waals surface area contributed by atoms with Gasteiger partial charge >= 0.3 is 0 Å². The quantitative estimate of drug-likeness (QED) is 0.502. The molecule has 3 N–H and O–H groups in total. The van der Waals surface area contributed by atoms with Gasteiger partial charge in [0, 0.05) is 16.1 Å². The van der Waals surface area contributed by atoms with Crippen molar-refractivity contribution < 1.29 is 9.53 Å². The van der Waals surface area contributed by atoms with Gasteiger partial charge in [-0.1, -0.05) is 29.8 Å². The lowest BCUT2D eigenvalue weighted by Crippen LogP contribution is -2.30. The van der Waals surface area contributed by atoms with Crippen molar-refractivity contribution in [2.45, 2.75) is 6.61 Å². The molecule has 2 aromatic carbocycles. The minimum atomic E-state index is -0.348. The molecular formula is C14H12BrClN2O2. The molecular weight excluding hydrogens is 344 g/mol. The van der Waals surface area contributed by atoms with E-state index in [2.05, 4.69) is 21.4 Å². The summed E-state index contributed by atoms with van der Waals surface area (Å²) in [6.07, 6.45) is 0. The highest BCUT2D eigenvalue weighted by Crippen LogP contribution is 2.28. The number of hydrogen-bond donors (Lipinski definition) is 2. The molecule has 0 fully saturated rings. The molecule has 0 bridgehead atoms. The third-order valence-electron chi connectivity index (χ3n) is 2.67. The summed E-state index contributed by atoms with van der Waals surface area (Å²) < 4.78 is 6.44. The van der Waals surface area contributed by atoms with Gasteiger partial charge in [0.05, 0.1) is 4.47 Å². The van der Waals surface area contributed by atoms with Crippen LogP contribution in [0.3, 0.4) is 0 Å². The number of rotatable bonds is 4. The maximum absolute atomic E-state index is 11.6. The van der Waals surface area contributed by atoms with Crippen molar-refractivity contribution in [1.82, 2.24) is 5.43 Å². The topological polar surface area (TPSA) is 64.3 Å². The van der Waals surface area contributed by atoms with E-state index in [0.29, 0.717) is 16.3 Å². The molecule has 0 aliphatic carbocycles. The van der Waals surface area contributed by atoms with Crippen molar-refractivity contribution >= 4 is 33.4 Å². The molecule has 0 aliphatic heterocycles.